The molecule has 3 rings (SSSR count). The molecule has 28 heavy (non-hydrogen) atoms. The molecule has 0 fully saturated rings. The lowest BCUT2D eigenvalue weighted by Crippen LogP contribution is -2.44. The number of aromatic nitrogens is 1. The Bertz CT molecular complexity index is 1110. The van der Waals surface area contributed by atoms with Crippen molar-refractivity contribution in [2.75, 3.05) is 12.3 Å². The van der Waals surface area contributed by atoms with Gasteiger partial charge in [-0.2, -0.15) is 4.31 Å². The number of nitrogens with zero attached hydrogens (tertiary/aromatic N) is 2. The largest absolute Gasteiger partial charge is 0.398 e. The Morgan fingerprint density at radius 2 is 2.07 bits per heavy atom. The molecule has 9 nitrogen and oxygen atoms in total. The fourth-order valence-corrected chi connectivity index (χ4v) is 5.24. The van der Waals surface area contributed by atoms with E-state index in [0.717, 1.165) is 0 Å². The summed E-state index contributed by atoms with van der Waals surface area (Å²) in [6.07, 6.45) is 1.73. The second kappa shape index (κ2) is 7.04. The van der Waals surface area contributed by atoms with Gasteiger partial charge in [0, 0.05) is 30.6 Å². The van der Waals surface area contributed by atoms with Gasteiger partial charge in [-0.3, -0.25) is 4.79 Å². The van der Waals surface area contributed by atoms with Crippen LogP contribution in [0, 0.1) is 0 Å². The molecule has 1 aliphatic heterocycles. The van der Waals surface area contributed by atoms with Crippen molar-refractivity contribution in [1.29, 1.82) is 0 Å². The molecule has 10 heteroatoms. The molecule has 1 aromatic heterocycles. The quantitative estimate of drug-likeness (QED) is 0.423. The number of aliphatic imine (C=N–C) groups is 1. The van der Waals surface area contributed by atoms with Crippen molar-refractivity contribution in [2.45, 2.75) is 37.2 Å². The van der Waals surface area contributed by atoms with Crippen molar-refractivity contribution in [3.8, 4) is 0 Å². The second-order valence-corrected chi connectivity index (χ2v) is 9.05. The maximum atomic E-state index is 12.9. The van der Waals surface area contributed by atoms with E-state index in [1.807, 2.05) is 0 Å². The number of rotatable bonds is 5. The number of aliphatic hydroxyl groups excluding tert-OH is 1. The summed E-state index contributed by atoms with van der Waals surface area (Å²) in [5.74, 6) is -0.0578. The fourth-order valence-electron chi connectivity index (χ4n) is 3.26. The number of amidine groups is 1. The Morgan fingerprint density at radius 1 is 1.36 bits per heavy atom. The summed E-state index contributed by atoms with van der Waals surface area (Å²) in [7, 11) is -3.67. The lowest BCUT2D eigenvalue weighted by Gasteiger charge is -2.33. The van der Waals surface area contributed by atoms with Crippen molar-refractivity contribution in [3.05, 3.63) is 51.9 Å². The molecule has 0 radical (unpaired) electrons. The molecule has 0 saturated carbocycles. The second-order valence-electron chi connectivity index (χ2n) is 7.22. The highest BCUT2D eigenvalue weighted by atomic mass is 32.2. The van der Waals surface area contributed by atoms with E-state index in [1.165, 1.54) is 28.7 Å². The van der Waals surface area contributed by atoms with Crippen LogP contribution in [0.2, 0.25) is 0 Å². The molecule has 1 aliphatic rings. The molecule has 0 aliphatic carbocycles. The van der Waals surface area contributed by atoms with Crippen LogP contribution in [0.5, 0.6) is 0 Å². The molecule has 0 unspecified atom stereocenters. The number of sulfonamides is 1. The maximum Gasteiger partial charge on any atom is 0.261 e. The van der Waals surface area contributed by atoms with Crippen molar-refractivity contribution in [3.63, 3.8) is 0 Å². The topological polar surface area (TPSA) is 155 Å². The normalized spacial score (nSPS) is 16.9. The van der Waals surface area contributed by atoms with Gasteiger partial charge >= 0.3 is 0 Å². The van der Waals surface area contributed by atoms with Crippen LogP contribution in [0.3, 0.4) is 0 Å². The number of hydrogen-bond acceptors (Lipinski definition) is 6. The highest BCUT2D eigenvalue weighted by molar-refractivity contribution is 7.89. The zero-order valence-electron chi connectivity index (χ0n) is 15.6. The number of pyridine rings is 1. The van der Waals surface area contributed by atoms with E-state index in [0.29, 0.717) is 17.7 Å². The SMILES string of the molecule is CC(C)(CCO)N1Cc2cc(N=C(N)c3c(N)cc[nH]c3=O)ccc2S1(=O)=O. The molecule has 1 aromatic carbocycles. The third-order valence-corrected chi connectivity index (χ3v) is 6.98. The minimum Gasteiger partial charge on any atom is -0.398 e. The third-order valence-electron chi connectivity index (χ3n) is 4.82. The molecule has 0 saturated heterocycles. The molecule has 0 spiro atoms. The van der Waals surface area contributed by atoms with E-state index in [4.69, 9.17) is 11.5 Å². The van der Waals surface area contributed by atoms with Crippen LogP contribution in [0.4, 0.5) is 11.4 Å². The first-order valence-electron chi connectivity index (χ1n) is 8.66. The number of fused-ring (bicyclic) bond motifs is 1. The minimum atomic E-state index is -3.67. The van der Waals surface area contributed by atoms with Crippen molar-refractivity contribution in [2.24, 2.45) is 10.7 Å². The van der Waals surface area contributed by atoms with Gasteiger partial charge in [-0.05, 0) is 50.1 Å². The molecule has 6 N–H and O–H groups in total. The van der Waals surface area contributed by atoms with Crippen molar-refractivity contribution in [1.82, 2.24) is 9.29 Å². The molecular weight excluding hydrogens is 382 g/mol. The van der Waals surface area contributed by atoms with E-state index in [2.05, 4.69) is 9.98 Å². The summed E-state index contributed by atoms with van der Waals surface area (Å²) in [4.78, 5) is 18.9. The van der Waals surface area contributed by atoms with Gasteiger partial charge in [0.15, 0.2) is 0 Å². The highest BCUT2D eigenvalue weighted by Crippen LogP contribution is 2.38. The van der Waals surface area contributed by atoms with Crippen molar-refractivity contribution >= 4 is 27.2 Å². The van der Waals surface area contributed by atoms with Gasteiger partial charge in [0.25, 0.3) is 5.56 Å². The van der Waals surface area contributed by atoms with E-state index in [-0.39, 0.29) is 35.1 Å². The Hall–Kier alpha value is -2.69. The summed E-state index contributed by atoms with van der Waals surface area (Å²) in [5, 5.41) is 9.25. The molecule has 2 aromatic rings. The zero-order chi connectivity index (χ0) is 20.7. The Labute approximate surface area is 162 Å². The molecule has 0 amide bonds. The maximum absolute atomic E-state index is 12.9. The number of hydrogen-bond donors (Lipinski definition) is 4. The summed E-state index contributed by atoms with van der Waals surface area (Å²) in [6.45, 7) is 3.60. The molecule has 0 bridgehead atoms. The van der Waals surface area contributed by atoms with Gasteiger partial charge < -0.3 is 21.6 Å². The Kier molecular flexibility index (Phi) is 5.04. The predicted molar refractivity (Wildman–Crippen MR) is 107 cm³/mol. The van der Waals surface area contributed by atoms with Crippen LogP contribution >= 0.6 is 0 Å². The molecule has 2 heterocycles. The van der Waals surface area contributed by atoms with Crippen LogP contribution < -0.4 is 17.0 Å². The minimum absolute atomic E-state index is 0.0578. The third kappa shape index (κ3) is 3.41. The van der Waals surface area contributed by atoms with E-state index in [1.54, 1.807) is 19.9 Å². The van der Waals surface area contributed by atoms with Gasteiger partial charge in [-0.25, -0.2) is 13.4 Å². The number of nitrogens with two attached hydrogens (primary N) is 2. The first kappa shape index (κ1) is 20.1. The number of anilines is 1. The van der Waals surface area contributed by atoms with Crippen molar-refractivity contribution < 1.29 is 13.5 Å². The monoisotopic (exact) mass is 405 g/mol. The van der Waals surface area contributed by atoms with Crippen LogP contribution in [0.15, 0.2) is 45.1 Å². The number of aromatic amines is 1. The lowest BCUT2D eigenvalue weighted by atomic mass is 10.0. The number of aliphatic hydroxyl groups is 1. The van der Waals surface area contributed by atoms with Gasteiger partial charge in [0.1, 0.15) is 11.4 Å². The fraction of sp³-hybridized carbons (Fsp3) is 0.333. The predicted octanol–water partition coefficient (Wildman–Crippen LogP) is 0.659. The van der Waals surface area contributed by atoms with E-state index < -0.39 is 21.1 Å². The number of H-pyrrole nitrogens is 1. The van der Waals surface area contributed by atoms with Gasteiger partial charge in [0.2, 0.25) is 10.0 Å². The highest BCUT2D eigenvalue weighted by Gasteiger charge is 2.43. The summed E-state index contributed by atoms with van der Waals surface area (Å²) >= 11 is 0. The molecule has 0 atom stereocenters. The van der Waals surface area contributed by atoms with Gasteiger partial charge in [0.05, 0.1) is 10.6 Å². The number of nitrogen functional groups attached to an aromatic ring is 1. The van der Waals surface area contributed by atoms with E-state index >= 15 is 0 Å². The average molecular weight is 405 g/mol. The van der Waals surface area contributed by atoms with Gasteiger partial charge in [-0.15, -0.1) is 0 Å². The van der Waals surface area contributed by atoms with Crippen LogP contribution in [0.1, 0.15) is 31.4 Å². The summed E-state index contributed by atoms with van der Waals surface area (Å²) < 4.78 is 27.1. The number of benzene rings is 1. The van der Waals surface area contributed by atoms with Gasteiger partial charge in [-0.1, -0.05) is 0 Å². The summed E-state index contributed by atoms with van der Waals surface area (Å²) in [5.41, 5.74) is 11.8. The standard InChI is InChI=1S/C18H23N5O4S/c1-18(2,6-8-24)23-10-11-9-12(3-4-14(11)28(23,26)27)22-16(20)15-13(19)5-7-21-17(15)25/h3-5,7,9,24H,6,8,10H2,1-2H3,(H2,20,22)(H3,19,21,25). The first-order chi connectivity index (χ1) is 13.1. The average Bonchev–Trinajstić information content (AvgIpc) is 2.86. The van der Waals surface area contributed by atoms with Crippen LogP contribution in [0.25, 0.3) is 0 Å². The van der Waals surface area contributed by atoms with Crippen LogP contribution in [-0.2, 0) is 16.6 Å². The van der Waals surface area contributed by atoms with Crippen LogP contribution in [-0.4, -0.2) is 40.8 Å². The number of nitrogens with one attached hydrogen (secondary N) is 1. The summed E-state index contributed by atoms with van der Waals surface area (Å²) in [6, 6.07) is 6.14. The smallest absolute Gasteiger partial charge is 0.261 e. The lowest BCUT2D eigenvalue weighted by molar-refractivity contribution is 0.165. The zero-order valence-corrected chi connectivity index (χ0v) is 16.5. The first-order valence-corrected chi connectivity index (χ1v) is 10.1. The van der Waals surface area contributed by atoms with E-state index in [9.17, 15) is 18.3 Å². The Balaban J connectivity index is 2.00. The molecular formula is C18H23N5O4S. The molecule has 150 valence electrons. The Morgan fingerprint density at radius 3 is 2.71 bits per heavy atom.